The average Bonchev–Trinajstić information content (AvgIpc) is 3.37. The third-order valence-corrected chi connectivity index (χ3v) is 6.28. The van der Waals surface area contributed by atoms with Gasteiger partial charge in [-0.3, -0.25) is 10.1 Å². The minimum atomic E-state index is -0.459. The van der Waals surface area contributed by atoms with Crippen LogP contribution in [0.2, 0.25) is 0 Å². The van der Waals surface area contributed by atoms with Crippen molar-refractivity contribution in [3.05, 3.63) is 80.8 Å². The number of nitriles is 1. The maximum atomic E-state index is 12.2. The summed E-state index contributed by atoms with van der Waals surface area (Å²) in [6.45, 7) is 7.33. The molecule has 0 fully saturated rings. The van der Waals surface area contributed by atoms with Gasteiger partial charge in [-0.1, -0.05) is 12.1 Å². The van der Waals surface area contributed by atoms with Crippen molar-refractivity contribution in [1.82, 2.24) is 4.98 Å². The molecule has 2 N–H and O–H groups in total. The van der Waals surface area contributed by atoms with Gasteiger partial charge in [-0.2, -0.15) is 5.26 Å². The number of aromatic nitrogens is 1. The average molecular weight is 493 g/mol. The zero-order valence-corrected chi connectivity index (χ0v) is 20.3. The molecule has 0 aliphatic heterocycles. The first kappa shape index (κ1) is 25.6. The van der Waals surface area contributed by atoms with Gasteiger partial charge in [0.25, 0.3) is 5.69 Å². The van der Waals surface area contributed by atoms with Crippen molar-refractivity contribution >= 4 is 34.3 Å². The summed E-state index contributed by atoms with van der Waals surface area (Å²) in [4.78, 5) is 28.6. The number of esters is 1. The summed E-state index contributed by atoms with van der Waals surface area (Å²) in [5.74, 6) is -0.368. The van der Waals surface area contributed by atoms with Crippen LogP contribution in [0, 0.1) is 21.4 Å². The second kappa shape index (κ2) is 12.4. The second-order valence-electron chi connectivity index (χ2n) is 7.58. The minimum absolute atomic E-state index is 0.0212. The number of allylic oxidation sites excluding steroid dienone is 1. The van der Waals surface area contributed by atoms with E-state index < -0.39 is 4.92 Å². The van der Waals surface area contributed by atoms with Crippen molar-refractivity contribution in [2.45, 2.75) is 13.8 Å². The number of nitro groups is 1. The third kappa shape index (κ3) is 6.96. The number of nitrogens with zero attached hydrogens (tertiary/aromatic N) is 3. The molecule has 0 spiro atoms. The number of rotatable bonds is 11. The molecule has 0 amide bonds. The van der Waals surface area contributed by atoms with Crippen molar-refractivity contribution < 1.29 is 19.4 Å². The monoisotopic (exact) mass is 492 g/mol. The first-order chi connectivity index (χ1) is 16.9. The lowest BCUT2D eigenvalue weighted by Crippen LogP contribution is -3.11. The van der Waals surface area contributed by atoms with Crippen LogP contribution in [0.3, 0.4) is 0 Å². The van der Waals surface area contributed by atoms with Crippen molar-refractivity contribution in [2.24, 2.45) is 0 Å². The SMILES string of the molecule is CC[NH+](CC)CCOC(=O)c1ccc(N/C=C(/C#N)c2nc(-c3cccc([N+](=O)[O-])c3)cs2)cc1. The molecular formula is C25H26N5O4S+. The van der Waals surface area contributed by atoms with Crippen molar-refractivity contribution in [3.8, 4) is 17.3 Å². The number of non-ortho nitro benzene ring substituents is 1. The van der Waals surface area contributed by atoms with E-state index in [4.69, 9.17) is 4.74 Å². The van der Waals surface area contributed by atoms with E-state index in [0.29, 0.717) is 39.7 Å². The van der Waals surface area contributed by atoms with E-state index in [1.807, 2.05) is 0 Å². The number of benzene rings is 2. The van der Waals surface area contributed by atoms with Crippen LogP contribution in [0.5, 0.6) is 0 Å². The molecule has 0 aliphatic carbocycles. The molecule has 1 aromatic heterocycles. The molecule has 180 valence electrons. The number of carbonyl (C=O) groups excluding carboxylic acids is 1. The highest BCUT2D eigenvalue weighted by Gasteiger charge is 2.13. The van der Waals surface area contributed by atoms with Crippen LogP contribution in [0.25, 0.3) is 16.8 Å². The maximum Gasteiger partial charge on any atom is 0.338 e. The van der Waals surface area contributed by atoms with E-state index in [-0.39, 0.29) is 11.7 Å². The molecule has 3 aromatic rings. The summed E-state index contributed by atoms with van der Waals surface area (Å²) in [6.07, 6.45) is 1.54. The van der Waals surface area contributed by atoms with Gasteiger partial charge >= 0.3 is 5.97 Å². The van der Waals surface area contributed by atoms with Gasteiger partial charge in [0.1, 0.15) is 29.8 Å². The van der Waals surface area contributed by atoms with Gasteiger partial charge in [-0.25, -0.2) is 9.78 Å². The molecule has 10 heteroatoms. The van der Waals surface area contributed by atoms with Crippen LogP contribution in [-0.2, 0) is 4.74 Å². The number of nitrogens with one attached hydrogen (secondary N) is 2. The van der Waals surface area contributed by atoms with E-state index in [0.717, 1.165) is 19.6 Å². The molecular weight excluding hydrogens is 466 g/mol. The Morgan fingerprint density at radius 3 is 2.66 bits per heavy atom. The Bertz CT molecular complexity index is 1240. The number of carbonyl (C=O) groups is 1. The summed E-state index contributed by atoms with van der Waals surface area (Å²) in [7, 11) is 0. The number of nitro benzene ring substituents is 1. The standard InChI is InChI=1S/C25H25N5O4S/c1-3-29(4-2)12-13-34-25(31)18-8-10-21(11-9-18)27-16-20(15-26)24-28-23(17-35-24)19-6-5-7-22(14-19)30(32)33/h5-11,14,16-17,27H,3-4,12-13H2,1-2H3/p+1/b20-16-. The fraction of sp³-hybridized carbons (Fsp3) is 0.240. The number of quaternary nitrogens is 1. The summed E-state index contributed by atoms with van der Waals surface area (Å²) in [5, 5.41) is 25.9. The fourth-order valence-corrected chi connectivity index (χ4v) is 4.08. The van der Waals surface area contributed by atoms with Crippen molar-refractivity contribution in [1.29, 1.82) is 5.26 Å². The topological polar surface area (TPSA) is 123 Å². The van der Waals surface area contributed by atoms with E-state index in [2.05, 4.69) is 30.2 Å². The quantitative estimate of drug-likeness (QED) is 0.181. The lowest BCUT2D eigenvalue weighted by atomic mass is 10.1. The second-order valence-corrected chi connectivity index (χ2v) is 8.44. The van der Waals surface area contributed by atoms with Crippen LogP contribution >= 0.6 is 11.3 Å². The van der Waals surface area contributed by atoms with Gasteiger partial charge in [0.15, 0.2) is 0 Å². The summed E-state index contributed by atoms with van der Waals surface area (Å²) >= 11 is 1.27. The number of thiazole rings is 1. The molecule has 1 heterocycles. The van der Waals surface area contributed by atoms with Gasteiger partial charge in [-0.05, 0) is 38.1 Å². The first-order valence-corrected chi connectivity index (χ1v) is 12.0. The number of hydrogen-bond acceptors (Lipinski definition) is 8. The Morgan fingerprint density at radius 2 is 2.00 bits per heavy atom. The molecule has 9 nitrogen and oxygen atoms in total. The molecule has 0 bridgehead atoms. The Labute approximate surface area is 207 Å². The van der Waals surface area contributed by atoms with E-state index >= 15 is 0 Å². The van der Waals surface area contributed by atoms with Gasteiger partial charge in [0, 0.05) is 35.0 Å². The van der Waals surface area contributed by atoms with Crippen molar-refractivity contribution in [3.63, 3.8) is 0 Å². The highest BCUT2D eigenvalue weighted by atomic mass is 32.1. The Kier molecular flexibility index (Phi) is 9.06. The van der Waals surface area contributed by atoms with E-state index in [1.165, 1.54) is 34.6 Å². The van der Waals surface area contributed by atoms with Crippen LogP contribution in [0.15, 0.2) is 60.1 Å². The van der Waals surface area contributed by atoms with Crippen LogP contribution < -0.4 is 10.2 Å². The van der Waals surface area contributed by atoms with E-state index in [1.54, 1.807) is 41.8 Å². The predicted octanol–water partition coefficient (Wildman–Crippen LogP) is 3.78. The van der Waals surface area contributed by atoms with Gasteiger partial charge in [-0.15, -0.1) is 11.3 Å². The van der Waals surface area contributed by atoms with Crippen LogP contribution in [0.1, 0.15) is 29.2 Å². The van der Waals surface area contributed by atoms with Gasteiger partial charge in [0.05, 0.1) is 29.3 Å². The number of likely N-dealkylation sites (N-methyl/N-ethyl adjacent to an activating group) is 1. The Hall–Kier alpha value is -4.07. The molecule has 0 saturated heterocycles. The third-order valence-electron chi connectivity index (χ3n) is 5.40. The molecule has 0 atom stereocenters. The molecule has 35 heavy (non-hydrogen) atoms. The normalized spacial score (nSPS) is 11.2. The molecule has 0 radical (unpaired) electrons. The number of hydrogen-bond donors (Lipinski definition) is 2. The van der Waals surface area contributed by atoms with E-state index in [9.17, 15) is 20.2 Å². The maximum absolute atomic E-state index is 12.2. The minimum Gasteiger partial charge on any atom is -0.456 e. The first-order valence-electron chi connectivity index (χ1n) is 11.1. The summed E-state index contributed by atoms with van der Waals surface area (Å²) in [5.41, 5.74) is 2.60. The molecule has 2 aromatic carbocycles. The molecule has 3 rings (SSSR count). The Morgan fingerprint density at radius 1 is 1.26 bits per heavy atom. The molecule has 0 aliphatic rings. The zero-order valence-electron chi connectivity index (χ0n) is 19.5. The number of anilines is 1. The Balaban J connectivity index is 1.63. The number of ether oxygens (including phenoxy) is 1. The smallest absolute Gasteiger partial charge is 0.338 e. The molecule has 0 saturated carbocycles. The van der Waals surface area contributed by atoms with Crippen LogP contribution in [-0.4, -0.2) is 42.1 Å². The van der Waals surface area contributed by atoms with Crippen LogP contribution in [0.4, 0.5) is 11.4 Å². The summed E-state index contributed by atoms with van der Waals surface area (Å²) < 4.78 is 5.36. The molecule has 0 unspecified atom stereocenters. The zero-order chi connectivity index (χ0) is 25.2. The lowest BCUT2D eigenvalue weighted by Gasteiger charge is -2.15. The highest BCUT2D eigenvalue weighted by Crippen LogP contribution is 2.28. The lowest BCUT2D eigenvalue weighted by molar-refractivity contribution is -0.896. The van der Waals surface area contributed by atoms with Gasteiger partial charge < -0.3 is 15.0 Å². The van der Waals surface area contributed by atoms with Crippen molar-refractivity contribution in [2.75, 3.05) is 31.6 Å². The predicted molar refractivity (Wildman–Crippen MR) is 135 cm³/mol. The largest absolute Gasteiger partial charge is 0.456 e. The highest BCUT2D eigenvalue weighted by molar-refractivity contribution is 7.11. The summed E-state index contributed by atoms with van der Waals surface area (Å²) in [6, 6.07) is 15.1. The fourth-order valence-electron chi connectivity index (χ4n) is 3.28. The van der Waals surface area contributed by atoms with Gasteiger partial charge in [0.2, 0.25) is 0 Å².